The average molecular weight is 481 g/mol. The first-order chi connectivity index (χ1) is 17.2. The molecule has 1 aliphatic heterocycles. The van der Waals surface area contributed by atoms with Crippen molar-refractivity contribution in [1.82, 2.24) is 0 Å². The summed E-state index contributed by atoms with van der Waals surface area (Å²) in [5.41, 5.74) is 2.25. The second kappa shape index (κ2) is 11.6. The van der Waals surface area contributed by atoms with Crippen molar-refractivity contribution in [3.63, 3.8) is 0 Å². The largest absolute Gasteiger partial charge is 0.493 e. The van der Waals surface area contributed by atoms with Crippen molar-refractivity contribution in [2.75, 3.05) is 34.7 Å². The molecule has 0 unspecified atom stereocenters. The number of carbonyl (C=O) groups excluding carboxylic acids is 1. The van der Waals surface area contributed by atoms with E-state index in [0.717, 1.165) is 17.4 Å². The van der Waals surface area contributed by atoms with Crippen LogP contribution in [0.25, 0.3) is 0 Å². The molecular weight excluding hydrogens is 452 g/mol. The molecule has 0 bridgehead atoms. The summed E-state index contributed by atoms with van der Waals surface area (Å²) in [5.74, 6) is 2.30. The monoisotopic (exact) mass is 480 g/mol. The van der Waals surface area contributed by atoms with Crippen molar-refractivity contribution in [2.45, 2.75) is 18.8 Å². The maximum absolute atomic E-state index is 11.5. The molecule has 0 amide bonds. The zero-order valence-electron chi connectivity index (χ0n) is 19.9. The number of methoxy groups -OCH3 is 3. The van der Waals surface area contributed by atoms with Gasteiger partial charge in [0, 0.05) is 18.2 Å². The third-order valence-corrected chi connectivity index (χ3v) is 5.42. The van der Waals surface area contributed by atoms with Crippen LogP contribution >= 0.6 is 0 Å². The summed E-state index contributed by atoms with van der Waals surface area (Å²) in [6.07, 6.45) is 0.0806. The van der Waals surface area contributed by atoms with Gasteiger partial charge in [-0.2, -0.15) is 0 Å². The number of hydrogen-bond donors (Lipinski definition) is 0. The Hall–Kier alpha value is -3.75. The Labute approximate surface area is 204 Å². The van der Waals surface area contributed by atoms with Gasteiger partial charge in [-0.3, -0.25) is 4.79 Å². The molecule has 1 saturated heterocycles. The Bertz CT molecular complexity index is 1100. The lowest BCUT2D eigenvalue weighted by Gasteiger charge is -2.22. The molecular formula is C27H28O8. The molecule has 3 aromatic carbocycles. The van der Waals surface area contributed by atoms with E-state index in [0.29, 0.717) is 47.5 Å². The van der Waals surface area contributed by atoms with Crippen LogP contribution in [0.1, 0.15) is 27.6 Å². The van der Waals surface area contributed by atoms with Gasteiger partial charge in [-0.1, -0.05) is 30.3 Å². The van der Waals surface area contributed by atoms with Gasteiger partial charge < -0.3 is 33.2 Å². The highest BCUT2D eigenvalue weighted by molar-refractivity contribution is 5.76. The van der Waals surface area contributed by atoms with E-state index in [2.05, 4.69) is 0 Å². The summed E-state index contributed by atoms with van der Waals surface area (Å²) in [4.78, 5) is 11.5. The van der Waals surface area contributed by atoms with Crippen LogP contribution in [-0.2, 0) is 16.1 Å². The normalized spacial score (nSPS) is 15.1. The lowest BCUT2D eigenvalue weighted by molar-refractivity contribution is 0.0470. The molecule has 1 heterocycles. The summed E-state index contributed by atoms with van der Waals surface area (Å²) in [5, 5.41) is 0. The lowest BCUT2D eigenvalue weighted by Crippen LogP contribution is -2.16. The number of aldehydes is 1. The van der Waals surface area contributed by atoms with Crippen molar-refractivity contribution >= 4 is 6.29 Å². The van der Waals surface area contributed by atoms with Gasteiger partial charge in [0.15, 0.2) is 35.9 Å². The minimum absolute atomic E-state index is 0.0400. The summed E-state index contributed by atoms with van der Waals surface area (Å²) >= 11 is 0. The van der Waals surface area contributed by atoms with Crippen LogP contribution in [0.2, 0.25) is 0 Å². The molecule has 184 valence electrons. The fraction of sp³-hybridized carbons (Fsp3) is 0.296. The van der Waals surface area contributed by atoms with Crippen molar-refractivity contribution in [3.05, 3.63) is 77.4 Å². The molecule has 0 aliphatic carbocycles. The third kappa shape index (κ3) is 6.03. The maximum Gasteiger partial charge on any atom is 0.206 e. The van der Waals surface area contributed by atoms with Gasteiger partial charge in [-0.15, -0.1) is 0 Å². The first-order valence-electron chi connectivity index (χ1n) is 11.1. The second-order valence-corrected chi connectivity index (χ2v) is 7.81. The van der Waals surface area contributed by atoms with Gasteiger partial charge in [-0.05, 0) is 35.9 Å². The predicted octanol–water partition coefficient (Wildman–Crippen LogP) is 4.60. The van der Waals surface area contributed by atoms with Gasteiger partial charge in [-0.25, -0.2) is 0 Å². The minimum atomic E-state index is -0.504. The quantitative estimate of drug-likeness (QED) is 0.199. The second-order valence-electron chi connectivity index (χ2n) is 7.81. The standard InChI is InChI=1S/C27H28O8/c1-29-17-34-27-23(30-2)12-20(13-24(27)31-3)26(25-16-33-25)35-22-11-19(14-28)9-10-21(22)32-15-18-7-5-4-6-8-18/h4-14,25-26H,15-17H2,1-3H3/t25-,26+/m1/s1. The van der Waals surface area contributed by atoms with Crippen molar-refractivity contribution in [3.8, 4) is 28.7 Å². The van der Waals surface area contributed by atoms with Crippen LogP contribution < -0.4 is 23.7 Å². The molecule has 2 atom stereocenters. The molecule has 0 spiro atoms. The topological polar surface area (TPSA) is 85.0 Å². The van der Waals surface area contributed by atoms with Crippen LogP contribution in [0.4, 0.5) is 0 Å². The Morgan fingerprint density at radius 2 is 1.63 bits per heavy atom. The van der Waals surface area contributed by atoms with E-state index >= 15 is 0 Å². The predicted molar refractivity (Wildman–Crippen MR) is 128 cm³/mol. The first kappa shape index (κ1) is 24.4. The van der Waals surface area contributed by atoms with E-state index in [1.807, 2.05) is 42.5 Å². The molecule has 0 N–H and O–H groups in total. The highest BCUT2D eigenvalue weighted by atomic mass is 16.7. The lowest BCUT2D eigenvalue weighted by atomic mass is 10.0. The van der Waals surface area contributed by atoms with Crippen molar-refractivity contribution in [2.24, 2.45) is 0 Å². The number of benzene rings is 3. The molecule has 4 rings (SSSR count). The van der Waals surface area contributed by atoms with Gasteiger partial charge in [0.2, 0.25) is 5.75 Å². The fourth-order valence-electron chi connectivity index (χ4n) is 3.59. The highest BCUT2D eigenvalue weighted by Crippen LogP contribution is 2.44. The number of hydrogen-bond acceptors (Lipinski definition) is 8. The fourth-order valence-corrected chi connectivity index (χ4v) is 3.59. The number of rotatable bonds is 13. The van der Waals surface area contributed by atoms with Crippen LogP contribution in [0.15, 0.2) is 60.7 Å². The Morgan fingerprint density at radius 3 is 2.23 bits per heavy atom. The number of carbonyl (C=O) groups is 1. The maximum atomic E-state index is 11.5. The van der Waals surface area contributed by atoms with Gasteiger partial charge >= 0.3 is 0 Å². The SMILES string of the molecule is COCOc1c(OC)cc([C@H](Oc2cc(C=O)ccc2OCc2ccccc2)[C@H]2CO2)cc1OC. The smallest absolute Gasteiger partial charge is 0.206 e. The van der Waals surface area contributed by atoms with E-state index < -0.39 is 6.10 Å². The zero-order chi connectivity index (χ0) is 24.6. The molecule has 0 saturated carbocycles. The van der Waals surface area contributed by atoms with Crippen LogP contribution in [0.5, 0.6) is 28.7 Å². The third-order valence-electron chi connectivity index (χ3n) is 5.42. The number of epoxide rings is 1. The summed E-state index contributed by atoms with van der Waals surface area (Å²) < 4.78 is 39.8. The molecule has 8 nitrogen and oxygen atoms in total. The van der Waals surface area contributed by atoms with Gasteiger partial charge in [0.1, 0.15) is 19.0 Å². The minimum Gasteiger partial charge on any atom is -0.493 e. The molecule has 0 radical (unpaired) electrons. The zero-order valence-corrected chi connectivity index (χ0v) is 19.9. The van der Waals surface area contributed by atoms with E-state index in [9.17, 15) is 4.79 Å². The molecule has 8 heteroatoms. The summed E-state index contributed by atoms with van der Waals surface area (Å²) in [6.45, 7) is 0.929. The van der Waals surface area contributed by atoms with Crippen LogP contribution in [0.3, 0.4) is 0 Å². The van der Waals surface area contributed by atoms with Crippen LogP contribution in [-0.4, -0.2) is 47.1 Å². The molecule has 1 aliphatic rings. The molecule has 3 aromatic rings. The average Bonchev–Trinajstić information content (AvgIpc) is 3.75. The van der Waals surface area contributed by atoms with Crippen LogP contribution in [0, 0.1) is 0 Å². The molecule has 35 heavy (non-hydrogen) atoms. The number of ether oxygens (including phenoxy) is 7. The highest BCUT2D eigenvalue weighted by Gasteiger charge is 2.37. The van der Waals surface area contributed by atoms with Gasteiger partial charge in [0.05, 0.1) is 20.8 Å². The molecule has 1 fully saturated rings. The summed E-state index contributed by atoms with van der Waals surface area (Å²) in [7, 11) is 4.63. The Kier molecular flexibility index (Phi) is 8.07. The van der Waals surface area contributed by atoms with Crippen molar-refractivity contribution in [1.29, 1.82) is 0 Å². The Morgan fingerprint density at radius 1 is 0.914 bits per heavy atom. The van der Waals surface area contributed by atoms with Crippen molar-refractivity contribution < 1.29 is 38.0 Å². The van der Waals surface area contributed by atoms with E-state index in [1.54, 1.807) is 32.4 Å². The first-order valence-corrected chi connectivity index (χ1v) is 11.1. The molecule has 0 aromatic heterocycles. The van der Waals surface area contributed by atoms with E-state index in [-0.39, 0.29) is 12.9 Å². The Balaban J connectivity index is 1.65. The summed E-state index contributed by atoms with van der Waals surface area (Å²) in [6, 6.07) is 18.5. The van der Waals surface area contributed by atoms with Gasteiger partial charge in [0.25, 0.3) is 0 Å². The van der Waals surface area contributed by atoms with E-state index in [4.69, 9.17) is 33.2 Å². The van der Waals surface area contributed by atoms with E-state index in [1.165, 1.54) is 7.11 Å².